The second-order valence-corrected chi connectivity index (χ2v) is 10.2. The molecule has 2 aromatic carbocycles. The number of pyridine rings is 1. The fraction of sp³-hybridized carbons (Fsp3) is 0.200. The van der Waals surface area contributed by atoms with Crippen molar-refractivity contribution in [3.05, 3.63) is 116 Å². The van der Waals surface area contributed by atoms with Crippen LogP contribution in [0, 0.1) is 25.6 Å². The number of thiazole rings is 1. The van der Waals surface area contributed by atoms with E-state index in [9.17, 15) is 14.3 Å². The predicted molar refractivity (Wildman–Crippen MR) is 148 cm³/mol. The van der Waals surface area contributed by atoms with Gasteiger partial charge in [0.25, 0.3) is 5.56 Å². The molecule has 0 spiro atoms. The highest BCUT2D eigenvalue weighted by molar-refractivity contribution is 7.13. The predicted octanol–water partition coefficient (Wildman–Crippen LogP) is 6.62. The SMILES string of the molecule is CC[C@@H](c1ccccc1)n1c(-c2nc(C)cs2)nc(=O)c(Cc2ccc(-c3ccnc(F)c3C)c(F)c2)c1O. The van der Waals surface area contributed by atoms with Crippen LogP contribution in [0.5, 0.6) is 5.88 Å². The summed E-state index contributed by atoms with van der Waals surface area (Å²) in [5.41, 5.74) is 2.51. The topological polar surface area (TPSA) is 80.9 Å². The van der Waals surface area contributed by atoms with Crippen LogP contribution in [0.25, 0.3) is 22.0 Å². The second kappa shape index (κ2) is 10.9. The Kier molecular flexibility index (Phi) is 7.34. The standard InChI is InChI=1S/C30H26F2N4O2S/c1-4-25(20-8-6-5-7-9-20)36-27(29-34-17(2)16-39-29)35-28(37)23(30(36)38)14-19-10-11-22(24(31)15-19)21-12-13-33-26(32)18(21)3/h5-13,15-16,25,38H,4,14H2,1-3H3/t25-/m0/s1. The lowest BCUT2D eigenvalue weighted by atomic mass is 9.98. The molecule has 198 valence electrons. The van der Waals surface area contributed by atoms with Gasteiger partial charge in [-0.2, -0.15) is 9.37 Å². The smallest absolute Gasteiger partial charge is 0.280 e. The maximum Gasteiger partial charge on any atom is 0.280 e. The van der Waals surface area contributed by atoms with Crippen LogP contribution < -0.4 is 5.56 Å². The summed E-state index contributed by atoms with van der Waals surface area (Å²) in [7, 11) is 0. The second-order valence-electron chi connectivity index (χ2n) is 9.31. The number of aromatic nitrogens is 4. The third kappa shape index (κ3) is 5.09. The number of halogens is 2. The van der Waals surface area contributed by atoms with Crippen molar-refractivity contribution in [2.45, 2.75) is 39.7 Å². The summed E-state index contributed by atoms with van der Waals surface area (Å²) in [6.45, 7) is 5.38. The molecule has 39 heavy (non-hydrogen) atoms. The molecule has 0 aliphatic carbocycles. The monoisotopic (exact) mass is 544 g/mol. The number of aromatic hydroxyl groups is 1. The Bertz CT molecular complexity index is 1720. The minimum Gasteiger partial charge on any atom is -0.494 e. The highest BCUT2D eigenvalue weighted by Crippen LogP contribution is 2.35. The minimum absolute atomic E-state index is 0.0407. The molecular weight excluding hydrogens is 518 g/mol. The van der Waals surface area contributed by atoms with Crippen molar-refractivity contribution in [1.29, 1.82) is 0 Å². The van der Waals surface area contributed by atoms with Crippen LogP contribution in [0.3, 0.4) is 0 Å². The molecule has 3 aromatic heterocycles. The van der Waals surface area contributed by atoms with E-state index in [4.69, 9.17) is 0 Å². The molecule has 5 rings (SSSR count). The van der Waals surface area contributed by atoms with Gasteiger partial charge in [-0.05, 0) is 49.1 Å². The number of aryl methyl sites for hydroxylation is 1. The average Bonchev–Trinajstić information content (AvgIpc) is 3.36. The molecule has 5 aromatic rings. The summed E-state index contributed by atoms with van der Waals surface area (Å²) in [4.78, 5) is 25.7. The largest absolute Gasteiger partial charge is 0.494 e. The molecule has 0 saturated heterocycles. The van der Waals surface area contributed by atoms with Gasteiger partial charge in [0.05, 0.1) is 11.6 Å². The van der Waals surface area contributed by atoms with Crippen molar-refractivity contribution < 1.29 is 13.9 Å². The maximum atomic E-state index is 15.2. The summed E-state index contributed by atoms with van der Waals surface area (Å²) in [5.74, 6) is -1.18. The molecular formula is C30H26F2N4O2S. The van der Waals surface area contributed by atoms with E-state index in [-0.39, 0.29) is 40.9 Å². The Morgan fingerprint density at radius 1 is 1.03 bits per heavy atom. The van der Waals surface area contributed by atoms with E-state index >= 15 is 4.39 Å². The van der Waals surface area contributed by atoms with Crippen molar-refractivity contribution in [3.63, 3.8) is 0 Å². The Hall–Kier alpha value is -4.24. The Labute approximate surface area is 228 Å². The van der Waals surface area contributed by atoms with Crippen molar-refractivity contribution in [1.82, 2.24) is 19.5 Å². The minimum atomic E-state index is -0.660. The van der Waals surface area contributed by atoms with Crippen LogP contribution in [-0.4, -0.2) is 24.6 Å². The average molecular weight is 545 g/mol. The lowest BCUT2D eigenvalue weighted by Crippen LogP contribution is -2.24. The van der Waals surface area contributed by atoms with E-state index < -0.39 is 17.3 Å². The van der Waals surface area contributed by atoms with Gasteiger partial charge < -0.3 is 5.11 Å². The zero-order chi connectivity index (χ0) is 27.7. The molecule has 0 saturated carbocycles. The number of hydrogen-bond donors (Lipinski definition) is 1. The highest BCUT2D eigenvalue weighted by atomic mass is 32.1. The number of rotatable bonds is 7. The van der Waals surface area contributed by atoms with Gasteiger partial charge in [-0.3, -0.25) is 9.36 Å². The van der Waals surface area contributed by atoms with E-state index in [0.717, 1.165) is 11.3 Å². The third-order valence-corrected chi connectivity index (χ3v) is 7.69. The van der Waals surface area contributed by atoms with Gasteiger partial charge in [0, 0.05) is 34.8 Å². The first-order chi connectivity index (χ1) is 18.8. The Balaban J connectivity index is 1.61. The normalized spacial score (nSPS) is 12.0. The molecule has 6 nitrogen and oxygen atoms in total. The summed E-state index contributed by atoms with van der Waals surface area (Å²) in [6, 6.07) is 15.4. The van der Waals surface area contributed by atoms with Crippen LogP contribution in [-0.2, 0) is 6.42 Å². The van der Waals surface area contributed by atoms with Gasteiger partial charge >= 0.3 is 0 Å². The van der Waals surface area contributed by atoms with E-state index in [1.165, 1.54) is 23.6 Å². The quantitative estimate of drug-likeness (QED) is 0.233. The van der Waals surface area contributed by atoms with Crippen LogP contribution in [0.2, 0.25) is 0 Å². The lowest BCUT2D eigenvalue weighted by molar-refractivity contribution is 0.382. The highest BCUT2D eigenvalue weighted by Gasteiger charge is 2.26. The zero-order valence-corrected chi connectivity index (χ0v) is 22.5. The Morgan fingerprint density at radius 2 is 1.79 bits per heavy atom. The van der Waals surface area contributed by atoms with Gasteiger partial charge in [-0.15, -0.1) is 11.3 Å². The van der Waals surface area contributed by atoms with E-state index in [0.29, 0.717) is 22.6 Å². The van der Waals surface area contributed by atoms with E-state index in [2.05, 4.69) is 15.0 Å². The maximum absolute atomic E-state index is 15.2. The molecule has 0 unspecified atom stereocenters. The number of hydrogen-bond acceptors (Lipinski definition) is 6. The van der Waals surface area contributed by atoms with Crippen LogP contribution in [0.1, 0.15) is 47.3 Å². The molecule has 0 aliphatic heterocycles. The fourth-order valence-corrected chi connectivity index (χ4v) is 5.53. The van der Waals surface area contributed by atoms with Crippen LogP contribution >= 0.6 is 11.3 Å². The van der Waals surface area contributed by atoms with E-state index in [1.54, 1.807) is 29.7 Å². The molecule has 0 bridgehead atoms. The summed E-state index contributed by atoms with van der Waals surface area (Å²) in [5, 5.41) is 14.0. The molecule has 0 radical (unpaired) electrons. The Morgan fingerprint density at radius 3 is 2.46 bits per heavy atom. The fourth-order valence-electron chi connectivity index (χ4n) is 4.75. The molecule has 9 heteroatoms. The van der Waals surface area contributed by atoms with Gasteiger partial charge in [0.15, 0.2) is 10.8 Å². The van der Waals surface area contributed by atoms with Crippen LogP contribution in [0.15, 0.2) is 71.0 Å². The number of nitrogens with zero attached hydrogens (tertiary/aromatic N) is 4. The summed E-state index contributed by atoms with van der Waals surface area (Å²) < 4.78 is 30.8. The van der Waals surface area contributed by atoms with Crippen LogP contribution in [0.4, 0.5) is 8.78 Å². The van der Waals surface area contributed by atoms with Crippen molar-refractivity contribution in [3.8, 4) is 27.8 Å². The molecule has 0 aliphatic rings. The van der Waals surface area contributed by atoms with Crippen molar-refractivity contribution in [2.75, 3.05) is 0 Å². The molecule has 0 fully saturated rings. The van der Waals surface area contributed by atoms with E-state index in [1.807, 2.05) is 49.6 Å². The first-order valence-electron chi connectivity index (χ1n) is 12.5. The van der Waals surface area contributed by atoms with Gasteiger partial charge in [0.1, 0.15) is 5.82 Å². The van der Waals surface area contributed by atoms with Crippen molar-refractivity contribution in [2.24, 2.45) is 0 Å². The number of benzene rings is 2. The van der Waals surface area contributed by atoms with Gasteiger partial charge in [-0.1, -0.05) is 49.4 Å². The third-order valence-electron chi connectivity index (χ3n) is 6.73. The van der Waals surface area contributed by atoms with Gasteiger partial charge in [-0.25, -0.2) is 14.4 Å². The first kappa shape index (κ1) is 26.4. The lowest BCUT2D eigenvalue weighted by Gasteiger charge is -2.24. The summed E-state index contributed by atoms with van der Waals surface area (Å²) >= 11 is 1.35. The molecule has 3 heterocycles. The molecule has 1 atom stereocenters. The molecule has 0 amide bonds. The molecule has 1 N–H and O–H groups in total. The zero-order valence-electron chi connectivity index (χ0n) is 21.7. The van der Waals surface area contributed by atoms with Gasteiger partial charge in [0.2, 0.25) is 11.8 Å². The first-order valence-corrected chi connectivity index (χ1v) is 13.4. The van der Waals surface area contributed by atoms with Crippen molar-refractivity contribution >= 4 is 11.3 Å². The summed E-state index contributed by atoms with van der Waals surface area (Å²) in [6.07, 6.45) is 1.87.